The smallest absolute Gasteiger partial charge is 0.326 e. The summed E-state index contributed by atoms with van der Waals surface area (Å²) in [6.07, 6.45) is 2.68. The maximum Gasteiger partial charge on any atom is 0.326 e. The summed E-state index contributed by atoms with van der Waals surface area (Å²) in [4.78, 5) is 64.1. The van der Waals surface area contributed by atoms with Gasteiger partial charge in [-0.05, 0) is 31.0 Å². The first-order valence-electron chi connectivity index (χ1n) is 12.1. The Morgan fingerprint density at radius 1 is 0.921 bits per heavy atom. The van der Waals surface area contributed by atoms with Gasteiger partial charge < -0.3 is 48.3 Å². The summed E-state index contributed by atoms with van der Waals surface area (Å²) in [5, 5.41) is 26.7. The maximum atomic E-state index is 13.2. The van der Waals surface area contributed by atoms with Gasteiger partial charge in [-0.15, -0.1) is 0 Å². The van der Waals surface area contributed by atoms with Gasteiger partial charge >= 0.3 is 5.97 Å². The molecular weight excluding hydrogens is 498 g/mol. The van der Waals surface area contributed by atoms with E-state index in [-0.39, 0.29) is 6.42 Å². The van der Waals surface area contributed by atoms with E-state index >= 15 is 0 Å². The number of carbonyl (C=O) groups is 5. The number of H-pyrrole nitrogens is 1. The molecule has 1 heterocycles. The maximum absolute atomic E-state index is 13.2. The molecule has 14 nitrogen and oxygen atoms in total. The molecule has 0 aliphatic carbocycles. The highest BCUT2D eigenvalue weighted by molar-refractivity contribution is 5.95. The third kappa shape index (κ3) is 8.83. The van der Waals surface area contributed by atoms with Crippen LogP contribution < -0.4 is 33.2 Å². The van der Waals surface area contributed by atoms with Crippen molar-refractivity contribution >= 4 is 40.5 Å². The van der Waals surface area contributed by atoms with E-state index in [0.29, 0.717) is 31.4 Å². The molecule has 0 saturated heterocycles. The Labute approximate surface area is 218 Å². The van der Waals surface area contributed by atoms with Gasteiger partial charge in [0, 0.05) is 23.5 Å². The van der Waals surface area contributed by atoms with Crippen LogP contribution in [0.25, 0.3) is 10.9 Å². The van der Waals surface area contributed by atoms with E-state index in [1.165, 1.54) is 0 Å². The zero-order chi connectivity index (χ0) is 28.2. The number of nitrogens with one attached hydrogen (secondary N) is 4. The molecule has 0 aliphatic rings. The fourth-order valence-corrected chi connectivity index (χ4v) is 3.79. The van der Waals surface area contributed by atoms with E-state index in [2.05, 4.69) is 20.9 Å². The third-order valence-corrected chi connectivity index (χ3v) is 5.87. The lowest BCUT2D eigenvalue weighted by Crippen LogP contribution is -2.58. The molecule has 12 N–H and O–H groups in total. The van der Waals surface area contributed by atoms with Crippen LogP contribution in [0.3, 0.4) is 0 Å². The van der Waals surface area contributed by atoms with E-state index in [4.69, 9.17) is 17.2 Å². The fraction of sp³-hybridized carbons (Fsp3) is 0.458. The second-order valence-electron chi connectivity index (χ2n) is 8.83. The number of para-hydroxylation sites is 1. The number of rotatable bonds is 16. The number of carboxylic acids is 1. The van der Waals surface area contributed by atoms with Crippen LogP contribution in [0.2, 0.25) is 0 Å². The number of unbranched alkanes of at least 4 members (excludes halogenated alkanes) is 1. The summed E-state index contributed by atoms with van der Waals surface area (Å²) in [6.45, 7) is -0.431. The summed E-state index contributed by atoms with van der Waals surface area (Å²) < 4.78 is 0. The number of hydrogen-bond acceptors (Lipinski definition) is 8. The Hall–Kier alpha value is -4.01. The van der Waals surface area contributed by atoms with Crippen molar-refractivity contribution in [2.75, 3.05) is 13.2 Å². The first-order chi connectivity index (χ1) is 18.1. The van der Waals surface area contributed by atoms with Crippen LogP contribution in [0.5, 0.6) is 0 Å². The third-order valence-electron chi connectivity index (χ3n) is 5.87. The molecule has 0 fully saturated rings. The summed E-state index contributed by atoms with van der Waals surface area (Å²) >= 11 is 0. The Balaban J connectivity index is 2.21. The molecule has 4 amide bonds. The lowest BCUT2D eigenvalue weighted by atomic mass is 10.0. The molecule has 0 radical (unpaired) electrons. The topological polar surface area (TPSA) is 256 Å². The highest BCUT2D eigenvalue weighted by atomic mass is 16.4. The zero-order valence-electron chi connectivity index (χ0n) is 20.8. The van der Waals surface area contributed by atoms with Crippen molar-refractivity contribution in [2.24, 2.45) is 17.2 Å². The normalized spacial score (nSPS) is 14.2. The number of benzene rings is 1. The van der Waals surface area contributed by atoms with Gasteiger partial charge in [-0.3, -0.25) is 19.2 Å². The molecule has 1 aromatic heterocycles. The molecule has 4 unspecified atom stereocenters. The number of carbonyl (C=O) groups excluding carboxylic acids is 4. The van der Waals surface area contributed by atoms with Crippen molar-refractivity contribution in [2.45, 2.75) is 56.3 Å². The number of aromatic nitrogens is 1. The molecule has 1 aromatic carbocycles. The Morgan fingerprint density at radius 3 is 2.18 bits per heavy atom. The minimum Gasteiger partial charge on any atom is -0.480 e. The van der Waals surface area contributed by atoms with Gasteiger partial charge in [-0.1, -0.05) is 24.6 Å². The van der Waals surface area contributed by atoms with E-state index in [0.717, 1.165) is 10.9 Å². The molecule has 0 aliphatic heterocycles. The van der Waals surface area contributed by atoms with Gasteiger partial charge in [0.05, 0.1) is 19.1 Å². The van der Waals surface area contributed by atoms with Crippen molar-refractivity contribution in [1.29, 1.82) is 0 Å². The predicted molar refractivity (Wildman–Crippen MR) is 137 cm³/mol. The number of aliphatic carboxylic acids is 1. The van der Waals surface area contributed by atoms with Crippen molar-refractivity contribution in [3.8, 4) is 0 Å². The number of fused-ring (bicyclic) bond motifs is 1. The minimum absolute atomic E-state index is 0.0241. The van der Waals surface area contributed by atoms with Gasteiger partial charge in [0.25, 0.3) is 0 Å². The average molecular weight is 534 g/mol. The van der Waals surface area contributed by atoms with Gasteiger partial charge in [-0.2, -0.15) is 0 Å². The summed E-state index contributed by atoms with van der Waals surface area (Å²) in [6, 6.07) is 2.02. The number of aliphatic hydroxyl groups excluding tert-OH is 1. The summed E-state index contributed by atoms with van der Waals surface area (Å²) in [5.41, 5.74) is 18.0. The number of amides is 4. The van der Waals surface area contributed by atoms with E-state index < -0.39 is 66.8 Å². The van der Waals surface area contributed by atoms with Crippen molar-refractivity contribution < 1.29 is 34.2 Å². The summed E-state index contributed by atoms with van der Waals surface area (Å²) in [7, 11) is 0. The average Bonchev–Trinajstić information content (AvgIpc) is 3.28. The monoisotopic (exact) mass is 533 g/mol. The van der Waals surface area contributed by atoms with E-state index in [1.54, 1.807) is 6.20 Å². The minimum atomic E-state index is -1.65. The molecule has 0 bridgehead atoms. The Morgan fingerprint density at radius 2 is 1.55 bits per heavy atom. The number of aromatic amines is 1. The first-order valence-corrected chi connectivity index (χ1v) is 12.1. The Bertz CT molecular complexity index is 1140. The summed E-state index contributed by atoms with van der Waals surface area (Å²) in [5.74, 6) is -4.93. The first kappa shape index (κ1) is 30.2. The van der Waals surface area contributed by atoms with Crippen LogP contribution in [0.1, 0.15) is 31.2 Å². The van der Waals surface area contributed by atoms with Crippen LogP contribution in [0.4, 0.5) is 0 Å². The van der Waals surface area contributed by atoms with Gasteiger partial charge in [-0.25, -0.2) is 4.79 Å². The number of hydrogen-bond donors (Lipinski definition) is 9. The SMILES string of the molecule is NCCCCC(N)C(=O)NC(Cc1c[nH]c2ccccc12)C(=O)NC(CO)C(=O)NC(CC(N)=O)C(=O)O. The molecule has 2 aromatic rings. The quantitative estimate of drug-likeness (QED) is 0.104. The molecule has 38 heavy (non-hydrogen) atoms. The number of primary amides is 1. The fourth-order valence-electron chi connectivity index (χ4n) is 3.79. The van der Waals surface area contributed by atoms with Gasteiger partial charge in [0.2, 0.25) is 23.6 Å². The van der Waals surface area contributed by atoms with Gasteiger partial charge in [0.15, 0.2) is 0 Å². The van der Waals surface area contributed by atoms with Crippen LogP contribution in [0.15, 0.2) is 30.5 Å². The van der Waals surface area contributed by atoms with Crippen LogP contribution in [-0.2, 0) is 30.4 Å². The molecular formula is C24H35N7O7. The standard InChI is InChI=1S/C24H35N7O7/c25-8-4-3-6-15(26)21(34)29-17(9-13-11-28-16-7-2-1-5-14(13)16)22(35)31-19(12-32)23(36)30-18(24(37)38)10-20(27)33/h1-2,5,7,11,15,17-19,28,32H,3-4,6,8-10,12,25-26H2,(H2,27,33)(H,29,34)(H,30,36)(H,31,35)(H,37,38). The Kier molecular flexibility index (Phi) is 11.7. The molecule has 4 atom stereocenters. The largest absolute Gasteiger partial charge is 0.480 e. The van der Waals surface area contributed by atoms with E-state index in [9.17, 15) is 34.2 Å². The lowest BCUT2D eigenvalue weighted by molar-refractivity contribution is -0.144. The number of nitrogens with two attached hydrogens (primary N) is 3. The molecule has 208 valence electrons. The highest BCUT2D eigenvalue weighted by Gasteiger charge is 2.31. The number of carboxylic acid groups (broad SMARTS) is 1. The van der Waals surface area contributed by atoms with Crippen LogP contribution in [0, 0.1) is 0 Å². The van der Waals surface area contributed by atoms with E-state index in [1.807, 2.05) is 24.3 Å². The molecule has 2 rings (SSSR count). The van der Waals surface area contributed by atoms with Crippen LogP contribution >= 0.6 is 0 Å². The predicted octanol–water partition coefficient (Wildman–Crippen LogP) is -2.43. The highest BCUT2D eigenvalue weighted by Crippen LogP contribution is 2.19. The van der Waals surface area contributed by atoms with Crippen molar-refractivity contribution in [1.82, 2.24) is 20.9 Å². The molecule has 0 saturated carbocycles. The number of aliphatic hydroxyl groups is 1. The lowest BCUT2D eigenvalue weighted by Gasteiger charge is -2.24. The van der Waals surface area contributed by atoms with Crippen LogP contribution in [-0.4, -0.2) is 82.1 Å². The van der Waals surface area contributed by atoms with Crippen molar-refractivity contribution in [3.05, 3.63) is 36.0 Å². The molecule has 14 heteroatoms. The second-order valence-corrected chi connectivity index (χ2v) is 8.83. The zero-order valence-corrected chi connectivity index (χ0v) is 20.8. The van der Waals surface area contributed by atoms with Crippen molar-refractivity contribution in [3.63, 3.8) is 0 Å². The van der Waals surface area contributed by atoms with Gasteiger partial charge in [0.1, 0.15) is 18.1 Å². The second kappa shape index (κ2) is 14.7. The molecule has 0 spiro atoms.